The number of nitrogens with zero attached hydrogens (tertiary/aromatic N) is 1. The Morgan fingerprint density at radius 1 is 1.00 bits per heavy atom. The van der Waals surface area contributed by atoms with E-state index in [-0.39, 0.29) is 6.42 Å². The Morgan fingerprint density at radius 2 is 1.52 bits per heavy atom. The van der Waals surface area contributed by atoms with E-state index in [1.54, 1.807) is 30.3 Å². The van der Waals surface area contributed by atoms with E-state index in [2.05, 4.69) is 9.96 Å². The Bertz CT molecular complexity index is 772. The lowest BCUT2D eigenvalue weighted by atomic mass is 10.1. The lowest BCUT2D eigenvalue weighted by molar-refractivity contribution is -0.137. The normalized spacial score (nSPS) is 11.7. The topological polar surface area (TPSA) is 74.5 Å². The lowest BCUT2D eigenvalue weighted by Gasteiger charge is -2.16. The van der Waals surface area contributed by atoms with Crippen molar-refractivity contribution in [2.45, 2.75) is 12.5 Å². The SMILES string of the molecule is N=NN[C@@H](Cc1ccccc1)C(=O)Oc1c(F)c(F)c(F)c(F)c1F. The van der Waals surface area contributed by atoms with Crippen molar-refractivity contribution >= 4 is 5.97 Å². The van der Waals surface area contributed by atoms with Crippen LogP contribution in [-0.2, 0) is 11.2 Å². The fourth-order valence-electron chi connectivity index (χ4n) is 1.96. The molecule has 5 nitrogen and oxygen atoms in total. The average molecular weight is 359 g/mol. The van der Waals surface area contributed by atoms with Crippen LogP contribution < -0.4 is 10.2 Å². The van der Waals surface area contributed by atoms with Gasteiger partial charge in [-0.15, -0.1) is 0 Å². The number of hydrogen-bond donors (Lipinski definition) is 2. The maximum atomic E-state index is 13.6. The Labute approximate surface area is 137 Å². The van der Waals surface area contributed by atoms with Gasteiger partial charge in [0.2, 0.25) is 34.8 Å². The van der Waals surface area contributed by atoms with Gasteiger partial charge < -0.3 is 4.74 Å². The number of benzene rings is 2. The van der Waals surface area contributed by atoms with Gasteiger partial charge in [-0.05, 0) is 5.56 Å². The fraction of sp³-hybridized carbons (Fsp3) is 0.133. The number of carbonyl (C=O) groups excluding carboxylic acids is 1. The minimum Gasteiger partial charge on any atom is -0.418 e. The highest BCUT2D eigenvalue weighted by Gasteiger charge is 2.30. The van der Waals surface area contributed by atoms with Crippen molar-refractivity contribution in [3.05, 3.63) is 65.0 Å². The van der Waals surface area contributed by atoms with Crippen molar-refractivity contribution in [1.29, 1.82) is 5.53 Å². The minimum atomic E-state index is -2.37. The van der Waals surface area contributed by atoms with Gasteiger partial charge in [0.25, 0.3) is 0 Å². The van der Waals surface area contributed by atoms with E-state index in [9.17, 15) is 26.7 Å². The molecule has 10 heteroatoms. The summed E-state index contributed by atoms with van der Waals surface area (Å²) in [6.07, 6.45) is -0.0998. The van der Waals surface area contributed by atoms with E-state index in [4.69, 9.17) is 5.53 Å². The third kappa shape index (κ3) is 3.90. The standard InChI is InChI=1S/C15H10F5N3O2/c16-9-10(17)12(19)14(13(20)11(9)18)25-15(24)8(22-23-21)6-7-4-2-1-3-5-7/h1-5,8H,6H2,(H2,21,22)/t8-/m0/s1. The van der Waals surface area contributed by atoms with Gasteiger partial charge in [0.15, 0.2) is 0 Å². The molecule has 0 aromatic heterocycles. The first-order valence-electron chi connectivity index (χ1n) is 6.75. The second-order valence-electron chi connectivity index (χ2n) is 4.80. The molecule has 0 saturated heterocycles. The minimum absolute atomic E-state index is 0.0998. The van der Waals surface area contributed by atoms with Crippen molar-refractivity contribution in [1.82, 2.24) is 5.43 Å². The second-order valence-corrected chi connectivity index (χ2v) is 4.80. The van der Waals surface area contributed by atoms with E-state index in [0.717, 1.165) is 0 Å². The number of esters is 1. The van der Waals surface area contributed by atoms with Gasteiger partial charge in [-0.25, -0.2) is 18.0 Å². The summed E-state index contributed by atoms with van der Waals surface area (Å²) in [5.74, 6) is -14.5. The lowest BCUT2D eigenvalue weighted by Crippen LogP contribution is -2.38. The van der Waals surface area contributed by atoms with Crippen LogP contribution in [0, 0.1) is 34.6 Å². The van der Waals surface area contributed by atoms with E-state index in [1.165, 1.54) is 0 Å². The molecule has 25 heavy (non-hydrogen) atoms. The van der Waals surface area contributed by atoms with Crippen molar-refractivity contribution in [2.24, 2.45) is 5.22 Å². The van der Waals surface area contributed by atoms with Crippen molar-refractivity contribution < 1.29 is 31.5 Å². The first-order chi connectivity index (χ1) is 11.9. The number of ether oxygens (including phenoxy) is 1. The summed E-state index contributed by atoms with van der Waals surface area (Å²) in [6, 6.07) is 6.86. The van der Waals surface area contributed by atoms with E-state index in [1.807, 2.05) is 5.43 Å². The first-order valence-corrected chi connectivity index (χ1v) is 6.75. The van der Waals surface area contributed by atoms with Crippen LogP contribution in [0.1, 0.15) is 5.56 Å². The van der Waals surface area contributed by atoms with Crippen molar-refractivity contribution in [3.63, 3.8) is 0 Å². The molecule has 2 rings (SSSR count). The third-order valence-electron chi connectivity index (χ3n) is 3.16. The third-order valence-corrected chi connectivity index (χ3v) is 3.16. The molecular formula is C15H10F5N3O2. The summed E-state index contributed by atoms with van der Waals surface area (Å²) < 4.78 is 70.7. The van der Waals surface area contributed by atoms with Crippen LogP contribution in [0.3, 0.4) is 0 Å². The van der Waals surface area contributed by atoms with E-state index >= 15 is 0 Å². The quantitative estimate of drug-likeness (QED) is 0.158. The van der Waals surface area contributed by atoms with Gasteiger partial charge >= 0.3 is 5.97 Å². The largest absolute Gasteiger partial charge is 0.418 e. The molecule has 0 saturated carbocycles. The molecule has 0 aliphatic heterocycles. The predicted molar refractivity (Wildman–Crippen MR) is 74.1 cm³/mol. The molecule has 0 bridgehead atoms. The molecule has 2 aromatic carbocycles. The number of carbonyl (C=O) groups is 1. The molecule has 0 aliphatic rings. The number of nitrogens with one attached hydrogen (secondary N) is 2. The van der Waals surface area contributed by atoms with Gasteiger partial charge in [0, 0.05) is 6.42 Å². The summed E-state index contributed by atoms with van der Waals surface area (Å²) in [5, 5.41) is 2.79. The van der Waals surface area contributed by atoms with Crippen molar-refractivity contribution in [3.8, 4) is 5.75 Å². The highest BCUT2D eigenvalue weighted by molar-refractivity contribution is 5.78. The molecule has 2 N–H and O–H groups in total. The van der Waals surface area contributed by atoms with Crippen LogP contribution in [0.25, 0.3) is 0 Å². The average Bonchev–Trinajstić information content (AvgIpc) is 2.62. The first kappa shape index (κ1) is 18.3. The van der Waals surface area contributed by atoms with Crippen LogP contribution in [0.5, 0.6) is 5.75 Å². The van der Waals surface area contributed by atoms with Gasteiger partial charge in [0.1, 0.15) is 6.04 Å². The fourth-order valence-corrected chi connectivity index (χ4v) is 1.96. The Kier molecular flexibility index (Phi) is 5.63. The van der Waals surface area contributed by atoms with Crippen molar-refractivity contribution in [2.75, 3.05) is 0 Å². The molecule has 0 aliphatic carbocycles. The van der Waals surface area contributed by atoms with Gasteiger partial charge in [-0.1, -0.05) is 35.6 Å². The molecule has 2 aromatic rings. The molecule has 0 radical (unpaired) electrons. The molecule has 0 amide bonds. The second kappa shape index (κ2) is 7.69. The summed E-state index contributed by atoms with van der Waals surface area (Å²) >= 11 is 0. The predicted octanol–water partition coefficient (Wildman–Crippen LogP) is 3.43. The number of rotatable bonds is 6. The van der Waals surface area contributed by atoms with Crippen LogP contribution in [0.2, 0.25) is 0 Å². The van der Waals surface area contributed by atoms with E-state index in [0.29, 0.717) is 5.56 Å². The maximum absolute atomic E-state index is 13.6. The van der Waals surface area contributed by atoms with Gasteiger partial charge in [0.05, 0.1) is 0 Å². The molecule has 1 atom stereocenters. The smallest absolute Gasteiger partial charge is 0.336 e. The molecule has 0 spiro atoms. The molecular weight excluding hydrogens is 349 g/mol. The Balaban J connectivity index is 2.28. The van der Waals surface area contributed by atoms with Crippen LogP contribution in [0.4, 0.5) is 22.0 Å². The zero-order valence-corrected chi connectivity index (χ0v) is 12.3. The van der Waals surface area contributed by atoms with Crippen LogP contribution in [-0.4, -0.2) is 12.0 Å². The van der Waals surface area contributed by atoms with Crippen LogP contribution in [0.15, 0.2) is 35.6 Å². The zero-order valence-electron chi connectivity index (χ0n) is 12.3. The maximum Gasteiger partial charge on any atom is 0.336 e. The van der Waals surface area contributed by atoms with Gasteiger partial charge in [-0.2, -0.15) is 14.3 Å². The zero-order chi connectivity index (χ0) is 18.6. The monoisotopic (exact) mass is 359 g/mol. The number of halogens is 5. The highest BCUT2D eigenvalue weighted by atomic mass is 19.2. The highest BCUT2D eigenvalue weighted by Crippen LogP contribution is 2.29. The number of hydrogen-bond acceptors (Lipinski definition) is 4. The van der Waals surface area contributed by atoms with Crippen LogP contribution >= 0.6 is 0 Å². The van der Waals surface area contributed by atoms with Gasteiger partial charge in [-0.3, -0.25) is 5.43 Å². The molecule has 132 valence electrons. The summed E-state index contributed by atoms with van der Waals surface area (Å²) in [4.78, 5) is 12.0. The molecule has 0 heterocycles. The Hall–Kier alpha value is -3.04. The molecule has 0 unspecified atom stereocenters. The summed E-state index contributed by atoms with van der Waals surface area (Å²) in [7, 11) is 0. The molecule has 0 fully saturated rings. The Morgan fingerprint density at radius 3 is 2.04 bits per heavy atom. The van der Waals surface area contributed by atoms with E-state index < -0.39 is 46.8 Å². The summed E-state index contributed by atoms with van der Waals surface area (Å²) in [6.45, 7) is 0. The summed E-state index contributed by atoms with van der Waals surface area (Å²) in [5.41, 5.74) is 9.36.